The predicted molar refractivity (Wildman–Crippen MR) is 97.2 cm³/mol. The molecule has 0 amide bonds. The Labute approximate surface area is 149 Å². The Hall–Kier alpha value is -2.30. The lowest BCUT2D eigenvalue weighted by Gasteiger charge is -2.26. The zero-order valence-electron chi connectivity index (χ0n) is 14.7. The summed E-state index contributed by atoms with van der Waals surface area (Å²) in [4.78, 5) is 6.32. The second-order valence-corrected chi connectivity index (χ2v) is 6.14. The van der Waals surface area contributed by atoms with Crippen molar-refractivity contribution in [3.63, 3.8) is 0 Å². The van der Waals surface area contributed by atoms with E-state index in [4.69, 9.17) is 10.00 Å². The minimum atomic E-state index is -0.706. The van der Waals surface area contributed by atoms with Crippen LogP contribution in [0.3, 0.4) is 0 Å². The van der Waals surface area contributed by atoms with Gasteiger partial charge < -0.3 is 15.2 Å². The first kappa shape index (κ1) is 19.0. The second kappa shape index (κ2) is 10.5. The Morgan fingerprint density at radius 2 is 2.20 bits per heavy atom. The average molecular weight is 345 g/mol. The minimum Gasteiger partial charge on any atom is -0.491 e. The number of nitriles is 1. The van der Waals surface area contributed by atoms with Crippen LogP contribution in [-0.4, -0.2) is 55.4 Å². The van der Waals surface area contributed by atoms with Crippen molar-refractivity contribution in [2.45, 2.75) is 31.9 Å². The highest BCUT2D eigenvalue weighted by molar-refractivity contribution is 5.80. The normalized spacial score (nSPS) is 16.8. The molecule has 1 saturated heterocycles. The SMILES string of the molecule is C/N=C(\NC#N)NCC(O)COc1cccc(CN2CCCCC2)c1. The molecule has 2 rings (SSSR count). The summed E-state index contributed by atoms with van der Waals surface area (Å²) in [6, 6.07) is 8.02. The molecule has 1 heterocycles. The van der Waals surface area contributed by atoms with Crippen LogP contribution in [0.25, 0.3) is 0 Å². The van der Waals surface area contributed by atoms with Gasteiger partial charge in [0.15, 0.2) is 6.19 Å². The molecule has 1 aromatic rings. The molecular formula is C18H27N5O2. The summed E-state index contributed by atoms with van der Waals surface area (Å²) in [5, 5.41) is 23.8. The highest BCUT2D eigenvalue weighted by atomic mass is 16.5. The van der Waals surface area contributed by atoms with Gasteiger partial charge in [-0.3, -0.25) is 15.2 Å². The number of rotatable bonds is 7. The Bertz CT molecular complexity index is 593. The number of aliphatic hydroxyl groups is 1. The number of nitrogens with zero attached hydrogens (tertiary/aromatic N) is 3. The summed E-state index contributed by atoms with van der Waals surface area (Å²) in [7, 11) is 1.56. The van der Waals surface area contributed by atoms with E-state index in [1.807, 2.05) is 18.2 Å². The number of aliphatic hydroxyl groups excluding tert-OH is 1. The number of likely N-dealkylation sites (tertiary alicyclic amines) is 1. The maximum absolute atomic E-state index is 9.99. The van der Waals surface area contributed by atoms with Crippen LogP contribution in [0.15, 0.2) is 29.3 Å². The number of piperidine rings is 1. The first-order chi connectivity index (χ1) is 12.2. The molecule has 1 aliphatic heterocycles. The number of benzene rings is 1. The van der Waals surface area contributed by atoms with Gasteiger partial charge in [-0.05, 0) is 43.6 Å². The van der Waals surface area contributed by atoms with E-state index in [1.54, 1.807) is 13.2 Å². The van der Waals surface area contributed by atoms with Crippen LogP contribution in [0.2, 0.25) is 0 Å². The smallest absolute Gasteiger partial charge is 0.204 e. The van der Waals surface area contributed by atoms with Gasteiger partial charge in [0.1, 0.15) is 18.5 Å². The highest BCUT2D eigenvalue weighted by Gasteiger charge is 2.11. The fourth-order valence-electron chi connectivity index (χ4n) is 2.81. The molecule has 136 valence electrons. The molecule has 7 nitrogen and oxygen atoms in total. The summed E-state index contributed by atoms with van der Waals surface area (Å²) in [6.07, 6.45) is 4.96. The van der Waals surface area contributed by atoms with Crippen molar-refractivity contribution in [2.24, 2.45) is 4.99 Å². The molecule has 1 fully saturated rings. The monoisotopic (exact) mass is 345 g/mol. The van der Waals surface area contributed by atoms with Gasteiger partial charge in [-0.15, -0.1) is 0 Å². The summed E-state index contributed by atoms with van der Waals surface area (Å²) in [5.41, 5.74) is 1.23. The Balaban J connectivity index is 1.76. The Kier molecular flexibility index (Phi) is 8.02. The van der Waals surface area contributed by atoms with E-state index < -0.39 is 6.10 Å². The van der Waals surface area contributed by atoms with Gasteiger partial charge in [-0.1, -0.05) is 18.6 Å². The predicted octanol–water partition coefficient (Wildman–Crippen LogP) is 1.06. The zero-order valence-corrected chi connectivity index (χ0v) is 14.7. The summed E-state index contributed by atoms with van der Waals surface area (Å²) in [6.45, 7) is 3.68. The molecule has 0 radical (unpaired) electrons. The number of hydrogen-bond donors (Lipinski definition) is 3. The van der Waals surface area contributed by atoms with Gasteiger partial charge >= 0.3 is 0 Å². The van der Waals surface area contributed by atoms with E-state index in [9.17, 15) is 5.11 Å². The first-order valence-electron chi connectivity index (χ1n) is 8.69. The van der Waals surface area contributed by atoms with Crippen LogP contribution >= 0.6 is 0 Å². The molecule has 7 heteroatoms. The maximum atomic E-state index is 9.99. The van der Waals surface area contributed by atoms with Crippen molar-refractivity contribution in [1.29, 1.82) is 5.26 Å². The summed E-state index contributed by atoms with van der Waals surface area (Å²) in [5.74, 6) is 1.08. The van der Waals surface area contributed by atoms with Gasteiger partial charge in [0.25, 0.3) is 0 Å². The third-order valence-corrected chi connectivity index (χ3v) is 4.10. The van der Waals surface area contributed by atoms with E-state index in [2.05, 4.69) is 26.6 Å². The fourth-order valence-corrected chi connectivity index (χ4v) is 2.81. The van der Waals surface area contributed by atoms with Crippen molar-refractivity contribution in [1.82, 2.24) is 15.5 Å². The quantitative estimate of drug-likeness (QED) is 0.296. The molecule has 0 bridgehead atoms. The molecule has 1 unspecified atom stereocenters. The standard InChI is InChI=1S/C18H27N5O2/c1-20-18(22-14-19)21-11-16(24)13-25-17-7-5-6-15(10-17)12-23-8-3-2-4-9-23/h5-7,10,16,24H,2-4,8-9,11-13H2,1H3,(H2,20,21,22). The topological polar surface area (TPSA) is 92.9 Å². The lowest BCUT2D eigenvalue weighted by Crippen LogP contribution is -2.40. The zero-order chi connectivity index (χ0) is 17.9. The molecule has 0 aromatic heterocycles. The molecule has 1 atom stereocenters. The van der Waals surface area contributed by atoms with Gasteiger partial charge in [-0.2, -0.15) is 5.26 Å². The van der Waals surface area contributed by atoms with Crippen molar-refractivity contribution in [2.75, 3.05) is 33.3 Å². The Morgan fingerprint density at radius 3 is 2.92 bits per heavy atom. The molecule has 0 spiro atoms. The van der Waals surface area contributed by atoms with Gasteiger partial charge in [-0.25, -0.2) is 0 Å². The molecule has 0 saturated carbocycles. The third kappa shape index (κ3) is 6.99. The van der Waals surface area contributed by atoms with Crippen LogP contribution < -0.4 is 15.4 Å². The van der Waals surface area contributed by atoms with Crippen LogP contribution in [-0.2, 0) is 6.54 Å². The maximum Gasteiger partial charge on any atom is 0.204 e. The number of nitrogens with one attached hydrogen (secondary N) is 2. The Morgan fingerprint density at radius 1 is 1.40 bits per heavy atom. The van der Waals surface area contributed by atoms with Crippen LogP contribution in [0.5, 0.6) is 5.75 Å². The molecule has 1 aromatic carbocycles. The molecular weight excluding hydrogens is 318 g/mol. The van der Waals surface area contributed by atoms with Crippen molar-refractivity contribution in [3.8, 4) is 11.9 Å². The molecule has 0 aliphatic carbocycles. The number of aliphatic imine (C=N–C) groups is 1. The van der Waals surface area contributed by atoms with E-state index in [0.717, 1.165) is 25.4 Å². The lowest BCUT2D eigenvalue weighted by atomic mass is 10.1. The van der Waals surface area contributed by atoms with Gasteiger partial charge in [0.05, 0.1) is 0 Å². The summed E-state index contributed by atoms with van der Waals surface area (Å²) >= 11 is 0. The van der Waals surface area contributed by atoms with E-state index in [1.165, 1.54) is 24.8 Å². The highest BCUT2D eigenvalue weighted by Crippen LogP contribution is 2.17. The number of hydrogen-bond acceptors (Lipinski definition) is 5. The van der Waals surface area contributed by atoms with Gasteiger partial charge in [0.2, 0.25) is 5.96 Å². The van der Waals surface area contributed by atoms with Crippen LogP contribution in [0.4, 0.5) is 0 Å². The average Bonchev–Trinajstić information content (AvgIpc) is 2.64. The number of guanidine groups is 1. The molecule has 1 aliphatic rings. The van der Waals surface area contributed by atoms with Crippen molar-refractivity contribution in [3.05, 3.63) is 29.8 Å². The van der Waals surface area contributed by atoms with Gasteiger partial charge in [0, 0.05) is 20.1 Å². The van der Waals surface area contributed by atoms with E-state index in [-0.39, 0.29) is 13.2 Å². The molecule has 3 N–H and O–H groups in total. The molecule has 25 heavy (non-hydrogen) atoms. The number of ether oxygens (including phenoxy) is 1. The minimum absolute atomic E-state index is 0.170. The van der Waals surface area contributed by atoms with E-state index in [0.29, 0.717) is 5.96 Å². The lowest BCUT2D eigenvalue weighted by molar-refractivity contribution is 0.110. The first-order valence-corrected chi connectivity index (χ1v) is 8.69. The van der Waals surface area contributed by atoms with Crippen molar-refractivity contribution < 1.29 is 9.84 Å². The van der Waals surface area contributed by atoms with Crippen molar-refractivity contribution >= 4 is 5.96 Å². The summed E-state index contributed by atoms with van der Waals surface area (Å²) < 4.78 is 5.69. The van der Waals surface area contributed by atoms with Crippen LogP contribution in [0.1, 0.15) is 24.8 Å². The third-order valence-electron chi connectivity index (χ3n) is 4.10. The van der Waals surface area contributed by atoms with Crippen LogP contribution in [0, 0.1) is 11.5 Å². The van der Waals surface area contributed by atoms with E-state index >= 15 is 0 Å². The largest absolute Gasteiger partial charge is 0.491 e. The fraction of sp³-hybridized carbons (Fsp3) is 0.556. The second-order valence-electron chi connectivity index (χ2n) is 6.14.